The summed E-state index contributed by atoms with van der Waals surface area (Å²) in [5, 5.41) is 3.67. The van der Waals surface area contributed by atoms with E-state index in [1.807, 2.05) is 0 Å². The summed E-state index contributed by atoms with van der Waals surface area (Å²) in [6.07, 6.45) is 11.1. The summed E-state index contributed by atoms with van der Waals surface area (Å²) >= 11 is 0. The maximum absolute atomic E-state index is 3.67. The zero-order chi connectivity index (χ0) is 14.8. The van der Waals surface area contributed by atoms with Crippen molar-refractivity contribution >= 4 is 0 Å². The third kappa shape index (κ3) is 7.08. The molecule has 2 nitrogen and oxygen atoms in total. The van der Waals surface area contributed by atoms with E-state index in [-0.39, 0.29) is 0 Å². The van der Waals surface area contributed by atoms with Crippen LogP contribution in [0.1, 0.15) is 79.1 Å². The van der Waals surface area contributed by atoms with Gasteiger partial charge >= 0.3 is 0 Å². The third-order valence-electron chi connectivity index (χ3n) is 4.72. The number of hydrogen-bond donors (Lipinski definition) is 1. The Morgan fingerprint density at radius 3 is 2.40 bits per heavy atom. The van der Waals surface area contributed by atoms with Crippen LogP contribution in [0.5, 0.6) is 0 Å². The largest absolute Gasteiger partial charge is 0.315 e. The second kappa shape index (κ2) is 10.6. The molecule has 0 spiro atoms. The Hall–Kier alpha value is -0.0800. The van der Waals surface area contributed by atoms with Crippen LogP contribution in [-0.4, -0.2) is 36.6 Å². The van der Waals surface area contributed by atoms with Gasteiger partial charge in [0, 0.05) is 18.6 Å². The van der Waals surface area contributed by atoms with Crippen LogP contribution in [0.25, 0.3) is 0 Å². The molecule has 0 aromatic rings. The van der Waals surface area contributed by atoms with Crippen LogP contribution in [0.4, 0.5) is 0 Å². The number of nitrogens with one attached hydrogen (secondary N) is 1. The SMILES string of the molecule is CCCCCNCC(C)N(CCC(C)C)C1CCCC1. The lowest BCUT2D eigenvalue weighted by Crippen LogP contribution is -2.46. The van der Waals surface area contributed by atoms with E-state index in [1.165, 1.54) is 64.5 Å². The molecule has 1 saturated carbocycles. The van der Waals surface area contributed by atoms with Crippen molar-refractivity contribution in [1.82, 2.24) is 10.2 Å². The van der Waals surface area contributed by atoms with Gasteiger partial charge in [-0.1, -0.05) is 46.5 Å². The van der Waals surface area contributed by atoms with Crippen LogP contribution < -0.4 is 5.32 Å². The lowest BCUT2D eigenvalue weighted by Gasteiger charge is -2.35. The second-order valence-electron chi connectivity index (χ2n) is 7.12. The standard InChI is InChI=1S/C18H38N2/c1-5-6-9-13-19-15-17(4)20(14-12-16(2)3)18-10-7-8-11-18/h16-19H,5-15H2,1-4H3. The first kappa shape index (κ1) is 18.0. The molecular formula is C18H38N2. The summed E-state index contributed by atoms with van der Waals surface area (Å²) in [6, 6.07) is 1.56. The fraction of sp³-hybridized carbons (Fsp3) is 1.00. The van der Waals surface area contributed by atoms with Crippen molar-refractivity contribution < 1.29 is 0 Å². The van der Waals surface area contributed by atoms with E-state index in [0.717, 1.165) is 18.5 Å². The first-order chi connectivity index (χ1) is 9.65. The maximum Gasteiger partial charge on any atom is 0.0195 e. The van der Waals surface area contributed by atoms with E-state index >= 15 is 0 Å². The van der Waals surface area contributed by atoms with Gasteiger partial charge in [0.05, 0.1) is 0 Å². The first-order valence-corrected chi connectivity index (χ1v) is 9.11. The van der Waals surface area contributed by atoms with Gasteiger partial charge in [0.1, 0.15) is 0 Å². The Bertz CT molecular complexity index is 221. The summed E-state index contributed by atoms with van der Waals surface area (Å²) in [7, 11) is 0. The Morgan fingerprint density at radius 2 is 1.80 bits per heavy atom. The van der Waals surface area contributed by atoms with E-state index < -0.39 is 0 Å². The average Bonchev–Trinajstić information content (AvgIpc) is 2.92. The molecule has 0 bridgehead atoms. The van der Waals surface area contributed by atoms with Crippen molar-refractivity contribution in [1.29, 1.82) is 0 Å². The molecule has 1 fully saturated rings. The first-order valence-electron chi connectivity index (χ1n) is 9.11. The van der Waals surface area contributed by atoms with Crippen molar-refractivity contribution in [3.05, 3.63) is 0 Å². The van der Waals surface area contributed by atoms with E-state index in [4.69, 9.17) is 0 Å². The van der Waals surface area contributed by atoms with Gasteiger partial charge in [-0.25, -0.2) is 0 Å². The van der Waals surface area contributed by atoms with Gasteiger partial charge in [0.25, 0.3) is 0 Å². The molecule has 120 valence electrons. The molecule has 1 N–H and O–H groups in total. The molecule has 1 aliphatic rings. The predicted molar refractivity (Wildman–Crippen MR) is 90.3 cm³/mol. The monoisotopic (exact) mass is 282 g/mol. The van der Waals surface area contributed by atoms with Crippen LogP contribution >= 0.6 is 0 Å². The second-order valence-corrected chi connectivity index (χ2v) is 7.12. The molecule has 0 saturated heterocycles. The fourth-order valence-corrected chi connectivity index (χ4v) is 3.33. The van der Waals surface area contributed by atoms with Crippen molar-refractivity contribution in [2.45, 2.75) is 91.1 Å². The lowest BCUT2D eigenvalue weighted by atomic mass is 10.1. The molecular weight excluding hydrogens is 244 g/mol. The van der Waals surface area contributed by atoms with Crippen LogP contribution in [0.3, 0.4) is 0 Å². The Balaban J connectivity index is 2.32. The van der Waals surface area contributed by atoms with Gasteiger partial charge in [-0.3, -0.25) is 4.90 Å². The molecule has 20 heavy (non-hydrogen) atoms. The average molecular weight is 283 g/mol. The highest BCUT2D eigenvalue weighted by Crippen LogP contribution is 2.25. The summed E-state index contributed by atoms with van der Waals surface area (Å²) < 4.78 is 0. The Kier molecular flexibility index (Phi) is 9.54. The molecule has 0 radical (unpaired) electrons. The number of unbranched alkanes of at least 4 members (excludes halogenated alkanes) is 2. The topological polar surface area (TPSA) is 15.3 Å². The van der Waals surface area contributed by atoms with E-state index in [2.05, 4.69) is 37.9 Å². The third-order valence-corrected chi connectivity index (χ3v) is 4.72. The van der Waals surface area contributed by atoms with Crippen molar-refractivity contribution in [3.63, 3.8) is 0 Å². The van der Waals surface area contributed by atoms with Gasteiger partial charge in [0.2, 0.25) is 0 Å². The van der Waals surface area contributed by atoms with Gasteiger partial charge < -0.3 is 5.32 Å². The number of nitrogens with zero attached hydrogens (tertiary/aromatic N) is 1. The van der Waals surface area contributed by atoms with Crippen molar-refractivity contribution in [2.75, 3.05) is 19.6 Å². The fourth-order valence-electron chi connectivity index (χ4n) is 3.33. The minimum Gasteiger partial charge on any atom is -0.315 e. The summed E-state index contributed by atoms with van der Waals surface area (Å²) in [5.41, 5.74) is 0. The van der Waals surface area contributed by atoms with Crippen LogP contribution in [0.15, 0.2) is 0 Å². The minimum atomic E-state index is 0.693. The highest BCUT2D eigenvalue weighted by molar-refractivity contribution is 4.82. The van der Waals surface area contributed by atoms with Crippen molar-refractivity contribution in [2.24, 2.45) is 5.92 Å². The molecule has 1 aliphatic carbocycles. The number of hydrogen-bond acceptors (Lipinski definition) is 2. The lowest BCUT2D eigenvalue weighted by molar-refractivity contribution is 0.135. The molecule has 0 aromatic carbocycles. The highest BCUT2D eigenvalue weighted by Gasteiger charge is 2.25. The number of rotatable bonds is 11. The molecule has 0 amide bonds. The van der Waals surface area contributed by atoms with E-state index in [0.29, 0.717) is 6.04 Å². The molecule has 2 heteroatoms. The normalized spacial score (nSPS) is 18.3. The Labute approximate surface area is 127 Å². The predicted octanol–water partition coefficient (Wildman–Crippen LogP) is 4.45. The van der Waals surface area contributed by atoms with Gasteiger partial charge in [-0.2, -0.15) is 0 Å². The Morgan fingerprint density at radius 1 is 1.10 bits per heavy atom. The molecule has 1 unspecified atom stereocenters. The summed E-state index contributed by atoms with van der Waals surface area (Å²) in [6.45, 7) is 13.0. The maximum atomic E-state index is 3.67. The smallest absolute Gasteiger partial charge is 0.0195 e. The molecule has 0 heterocycles. The summed E-state index contributed by atoms with van der Waals surface area (Å²) in [4.78, 5) is 2.81. The molecule has 1 rings (SSSR count). The zero-order valence-electron chi connectivity index (χ0n) is 14.5. The van der Waals surface area contributed by atoms with Crippen molar-refractivity contribution in [3.8, 4) is 0 Å². The minimum absolute atomic E-state index is 0.693. The van der Waals surface area contributed by atoms with Crippen LogP contribution in [0, 0.1) is 5.92 Å². The molecule has 0 aromatic heterocycles. The van der Waals surface area contributed by atoms with Gasteiger partial charge in [-0.15, -0.1) is 0 Å². The van der Waals surface area contributed by atoms with E-state index in [1.54, 1.807) is 0 Å². The summed E-state index contributed by atoms with van der Waals surface area (Å²) in [5.74, 6) is 0.823. The van der Waals surface area contributed by atoms with Gasteiger partial charge in [-0.05, 0) is 51.6 Å². The van der Waals surface area contributed by atoms with Gasteiger partial charge in [0.15, 0.2) is 0 Å². The van der Waals surface area contributed by atoms with E-state index in [9.17, 15) is 0 Å². The molecule has 0 aliphatic heterocycles. The molecule has 1 atom stereocenters. The van der Waals surface area contributed by atoms with Crippen LogP contribution in [-0.2, 0) is 0 Å². The zero-order valence-corrected chi connectivity index (χ0v) is 14.5. The quantitative estimate of drug-likeness (QED) is 0.563. The van der Waals surface area contributed by atoms with Crippen LogP contribution in [0.2, 0.25) is 0 Å². The highest BCUT2D eigenvalue weighted by atomic mass is 15.2.